The van der Waals surface area contributed by atoms with E-state index < -0.39 is 5.97 Å². The molecule has 0 spiro atoms. The molecule has 5 heteroatoms. The van der Waals surface area contributed by atoms with Crippen LogP contribution in [-0.2, 0) is 4.74 Å². The number of ether oxygens (including phenoxy) is 1. The number of carbonyl (C=O) groups is 1. The first-order valence-electron chi connectivity index (χ1n) is 4.92. The van der Waals surface area contributed by atoms with E-state index in [1.165, 1.54) is 30.7 Å². The third kappa shape index (κ3) is 2.34. The molecular formula is C12H10FNO2S. The summed E-state index contributed by atoms with van der Waals surface area (Å²) in [5.41, 5.74) is 1.35. The van der Waals surface area contributed by atoms with E-state index in [4.69, 9.17) is 0 Å². The second kappa shape index (κ2) is 4.63. The normalized spacial score (nSPS) is 10.3. The van der Waals surface area contributed by atoms with Crippen molar-refractivity contribution in [2.75, 3.05) is 7.11 Å². The highest BCUT2D eigenvalue weighted by molar-refractivity contribution is 7.16. The summed E-state index contributed by atoms with van der Waals surface area (Å²) in [6.07, 6.45) is 1.46. The van der Waals surface area contributed by atoms with Gasteiger partial charge in [0, 0.05) is 5.56 Å². The smallest absolute Gasteiger partial charge is 0.349 e. The predicted octanol–water partition coefficient (Wildman–Crippen LogP) is 3.04. The molecule has 0 unspecified atom stereocenters. The number of aromatic nitrogens is 1. The Morgan fingerprint density at radius 2 is 2.24 bits per heavy atom. The molecule has 0 radical (unpaired) electrons. The molecule has 1 heterocycles. The van der Waals surface area contributed by atoms with Gasteiger partial charge < -0.3 is 4.74 Å². The fraction of sp³-hybridized carbons (Fsp3) is 0.167. The minimum absolute atomic E-state index is 0.251. The minimum atomic E-state index is -0.410. The molecule has 0 atom stereocenters. The van der Waals surface area contributed by atoms with Crippen LogP contribution in [-0.4, -0.2) is 18.1 Å². The van der Waals surface area contributed by atoms with Gasteiger partial charge >= 0.3 is 5.97 Å². The molecule has 2 rings (SSSR count). The van der Waals surface area contributed by atoms with Gasteiger partial charge in [-0.25, -0.2) is 14.2 Å². The summed E-state index contributed by atoms with van der Waals surface area (Å²) >= 11 is 1.23. The number of aryl methyl sites for hydroxylation is 1. The minimum Gasteiger partial charge on any atom is -0.465 e. The van der Waals surface area contributed by atoms with Crippen molar-refractivity contribution in [1.29, 1.82) is 0 Å². The second-order valence-corrected chi connectivity index (χ2v) is 4.52. The molecule has 0 bridgehead atoms. The lowest BCUT2D eigenvalue weighted by molar-refractivity contribution is 0.0606. The summed E-state index contributed by atoms with van der Waals surface area (Å²) in [4.78, 5) is 15.8. The maximum Gasteiger partial charge on any atom is 0.349 e. The van der Waals surface area contributed by atoms with Gasteiger partial charge in [0.25, 0.3) is 0 Å². The summed E-state index contributed by atoms with van der Waals surface area (Å²) in [6, 6.07) is 4.74. The lowest BCUT2D eigenvalue weighted by atomic mass is 10.1. The van der Waals surface area contributed by atoms with E-state index >= 15 is 0 Å². The van der Waals surface area contributed by atoms with Gasteiger partial charge in [-0.1, -0.05) is 0 Å². The number of esters is 1. The zero-order valence-corrected chi connectivity index (χ0v) is 10.2. The molecule has 2 aromatic rings. The van der Waals surface area contributed by atoms with Crippen LogP contribution in [0.5, 0.6) is 0 Å². The number of hydrogen-bond donors (Lipinski definition) is 0. The van der Waals surface area contributed by atoms with Crippen molar-refractivity contribution in [3.05, 3.63) is 40.7 Å². The van der Waals surface area contributed by atoms with E-state index in [1.54, 1.807) is 19.1 Å². The van der Waals surface area contributed by atoms with Gasteiger partial charge in [0.2, 0.25) is 0 Å². The molecule has 0 fully saturated rings. The quantitative estimate of drug-likeness (QED) is 0.770. The van der Waals surface area contributed by atoms with Gasteiger partial charge in [-0.3, -0.25) is 0 Å². The molecular weight excluding hydrogens is 241 g/mol. The zero-order valence-electron chi connectivity index (χ0n) is 9.36. The number of carbonyl (C=O) groups excluding carboxylic acids is 1. The average molecular weight is 251 g/mol. The molecule has 0 aliphatic rings. The summed E-state index contributed by atoms with van der Waals surface area (Å²) in [5, 5.41) is 0.675. The molecule has 1 aromatic carbocycles. The fourth-order valence-electron chi connectivity index (χ4n) is 1.38. The molecule has 17 heavy (non-hydrogen) atoms. The number of rotatable bonds is 2. The first kappa shape index (κ1) is 11.7. The van der Waals surface area contributed by atoms with Gasteiger partial charge in [-0.05, 0) is 30.7 Å². The van der Waals surface area contributed by atoms with Crippen molar-refractivity contribution in [2.24, 2.45) is 0 Å². The van der Waals surface area contributed by atoms with Gasteiger partial charge in [-0.2, -0.15) is 0 Å². The average Bonchev–Trinajstić information content (AvgIpc) is 2.81. The predicted molar refractivity (Wildman–Crippen MR) is 63.6 cm³/mol. The monoisotopic (exact) mass is 251 g/mol. The Balaban J connectivity index is 2.37. The van der Waals surface area contributed by atoms with Crippen LogP contribution in [0.2, 0.25) is 0 Å². The highest BCUT2D eigenvalue weighted by atomic mass is 32.1. The van der Waals surface area contributed by atoms with Crippen LogP contribution in [0.15, 0.2) is 24.4 Å². The summed E-state index contributed by atoms with van der Waals surface area (Å²) < 4.78 is 17.7. The number of nitrogens with zero attached hydrogens (tertiary/aromatic N) is 1. The third-order valence-corrected chi connectivity index (χ3v) is 3.32. The van der Waals surface area contributed by atoms with Crippen molar-refractivity contribution >= 4 is 17.3 Å². The van der Waals surface area contributed by atoms with E-state index in [0.717, 1.165) is 5.56 Å². The van der Waals surface area contributed by atoms with Crippen molar-refractivity contribution in [3.8, 4) is 10.6 Å². The van der Waals surface area contributed by atoms with Gasteiger partial charge in [0.05, 0.1) is 13.3 Å². The van der Waals surface area contributed by atoms with Gasteiger partial charge in [-0.15, -0.1) is 11.3 Å². The van der Waals surface area contributed by atoms with E-state index in [2.05, 4.69) is 9.72 Å². The molecule has 0 aliphatic heterocycles. The van der Waals surface area contributed by atoms with Crippen molar-refractivity contribution < 1.29 is 13.9 Å². The molecule has 0 N–H and O–H groups in total. The van der Waals surface area contributed by atoms with Crippen LogP contribution in [0.3, 0.4) is 0 Å². The molecule has 0 saturated heterocycles. The lowest BCUT2D eigenvalue weighted by Gasteiger charge is -1.99. The molecule has 3 nitrogen and oxygen atoms in total. The van der Waals surface area contributed by atoms with Crippen LogP contribution in [0.4, 0.5) is 4.39 Å². The fourth-order valence-corrected chi connectivity index (χ4v) is 2.21. The van der Waals surface area contributed by atoms with Crippen molar-refractivity contribution in [3.63, 3.8) is 0 Å². The Morgan fingerprint density at radius 1 is 1.47 bits per heavy atom. The Kier molecular flexibility index (Phi) is 3.19. The molecule has 0 saturated carbocycles. The zero-order chi connectivity index (χ0) is 12.4. The van der Waals surface area contributed by atoms with Crippen molar-refractivity contribution in [1.82, 2.24) is 4.98 Å². The highest BCUT2D eigenvalue weighted by Gasteiger charge is 2.12. The van der Waals surface area contributed by atoms with E-state index in [0.29, 0.717) is 15.4 Å². The Hall–Kier alpha value is -1.75. The first-order chi connectivity index (χ1) is 8.11. The van der Waals surface area contributed by atoms with Crippen LogP contribution in [0, 0.1) is 12.7 Å². The molecule has 88 valence electrons. The molecule has 1 aromatic heterocycles. The van der Waals surface area contributed by atoms with E-state index in [9.17, 15) is 9.18 Å². The number of hydrogen-bond acceptors (Lipinski definition) is 4. The van der Waals surface area contributed by atoms with Crippen LogP contribution >= 0.6 is 11.3 Å². The molecule has 0 aliphatic carbocycles. The summed E-state index contributed by atoms with van der Waals surface area (Å²) in [7, 11) is 1.32. The summed E-state index contributed by atoms with van der Waals surface area (Å²) in [6.45, 7) is 1.69. The van der Waals surface area contributed by atoms with Gasteiger partial charge in [0.15, 0.2) is 0 Å². The Bertz CT molecular complexity index is 565. The van der Waals surface area contributed by atoms with Crippen LogP contribution in [0.25, 0.3) is 10.6 Å². The number of thiazole rings is 1. The third-order valence-electron chi connectivity index (χ3n) is 2.30. The lowest BCUT2D eigenvalue weighted by Crippen LogP contribution is -1.96. The van der Waals surface area contributed by atoms with E-state index in [1.807, 2.05) is 0 Å². The van der Waals surface area contributed by atoms with Gasteiger partial charge in [0.1, 0.15) is 15.7 Å². The maximum absolute atomic E-state index is 13.1. The number of benzene rings is 1. The number of halogens is 1. The Labute approximate surface area is 102 Å². The van der Waals surface area contributed by atoms with Crippen LogP contribution < -0.4 is 0 Å². The van der Waals surface area contributed by atoms with E-state index in [-0.39, 0.29) is 5.82 Å². The molecule has 0 amide bonds. The highest BCUT2D eigenvalue weighted by Crippen LogP contribution is 2.26. The maximum atomic E-state index is 13.1. The largest absolute Gasteiger partial charge is 0.465 e. The van der Waals surface area contributed by atoms with Crippen LogP contribution in [0.1, 0.15) is 15.2 Å². The first-order valence-corrected chi connectivity index (χ1v) is 5.74. The topological polar surface area (TPSA) is 39.2 Å². The van der Waals surface area contributed by atoms with Crippen molar-refractivity contribution in [2.45, 2.75) is 6.92 Å². The Morgan fingerprint density at radius 3 is 2.88 bits per heavy atom. The second-order valence-electron chi connectivity index (χ2n) is 3.49. The standard InChI is InChI=1S/C12H10FNO2S/c1-7-5-8(3-4-9(7)13)11-14-6-10(17-11)12(15)16-2/h3-6H,1-2H3. The summed E-state index contributed by atoms with van der Waals surface area (Å²) in [5.74, 6) is -0.661. The SMILES string of the molecule is COC(=O)c1cnc(-c2ccc(F)c(C)c2)s1. The number of methoxy groups -OCH3 is 1.